The van der Waals surface area contributed by atoms with Crippen LogP contribution in [0.2, 0.25) is 0 Å². The highest BCUT2D eigenvalue weighted by Gasteiger charge is 2.18. The molecule has 0 saturated carbocycles. The normalized spacial score (nSPS) is 12.2. The van der Waals surface area contributed by atoms with E-state index >= 15 is 0 Å². The summed E-state index contributed by atoms with van der Waals surface area (Å²) in [6.45, 7) is 4.33. The van der Waals surface area contributed by atoms with Crippen molar-refractivity contribution in [1.29, 1.82) is 0 Å². The third-order valence-electron chi connectivity index (χ3n) is 4.36. The second-order valence-corrected chi connectivity index (χ2v) is 6.35. The lowest BCUT2D eigenvalue weighted by molar-refractivity contribution is 0.0940. The highest BCUT2D eigenvalue weighted by atomic mass is 16.2. The largest absolute Gasteiger partial charge is 0.354 e. The first kappa shape index (κ1) is 17.9. The van der Waals surface area contributed by atoms with Crippen LogP contribution < -0.4 is 10.7 Å². The maximum absolute atomic E-state index is 12.4. The summed E-state index contributed by atoms with van der Waals surface area (Å²) in [6, 6.07) is 9.65. The molecule has 0 fully saturated rings. The molecule has 5 heteroatoms. The molecular weight excluding hydrogens is 302 g/mol. The summed E-state index contributed by atoms with van der Waals surface area (Å²) in [5.41, 5.74) is 3.09. The number of likely N-dealkylation sites (N-methyl/N-ethyl adjacent to an activating group) is 1. The van der Waals surface area contributed by atoms with E-state index in [1.807, 2.05) is 40.2 Å². The Morgan fingerprint density at radius 2 is 1.92 bits per heavy atom. The van der Waals surface area contributed by atoms with Gasteiger partial charge in [0.2, 0.25) is 0 Å². The third kappa shape index (κ3) is 3.92. The lowest BCUT2D eigenvalue weighted by Crippen LogP contribution is -2.37. The molecule has 0 saturated heterocycles. The third-order valence-corrected chi connectivity index (χ3v) is 4.36. The Kier molecular flexibility index (Phi) is 5.57. The number of nitrogens with zero attached hydrogens (tertiary/aromatic N) is 2. The first-order valence-electron chi connectivity index (χ1n) is 7.98. The van der Waals surface area contributed by atoms with Gasteiger partial charge >= 0.3 is 0 Å². The van der Waals surface area contributed by atoms with E-state index < -0.39 is 0 Å². The molecule has 2 aromatic rings. The first-order chi connectivity index (χ1) is 11.3. The second kappa shape index (κ2) is 7.45. The molecule has 0 aliphatic rings. The van der Waals surface area contributed by atoms with Gasteiger partial charge in [0.05, 0.1) is 6.04 Å². The smallest absolute Gasteiger partial charge is 0.256 e. The van der Waals surface area contributed by atoms with Crippen LogP contribution in [0.15, 0.2) is 41.3 Å². The van der Waals surface area contributed by atoms with E-state index in [1.165, 1.54) is 17.2 Å². The van der Waals surface area contributed by atoms with Crippen molar-refractivity contribution in [3.63, 3.8) is 0 Å². The molecule has 0 aliphatic heterocycles. The Morgan fingerprint density at radius 1 is 1.25 bits per heavy atom. The van der Waals surface area contributed by atoms with Crippen LogP contribution in [0.3, 0.4) is 0 Å². The molecule has 0 radical (unpaired) electrons. The van der Waals surface area contributed by atoms with Gasteiger partial charge in [0.15, 0.2) is 5.43 Å². The fraction of sp³-hybridized carbons (Fsp3) is 0.368. The number of carbonyl (C=O) groups is 1. The molecule has 1 amide bonds. The van der Waals surface area contributed by atoms with Crippen LogP contribution in [0, 0.1) is 13.8 Å². The van der Waals surface area contributed by atoms with Gasteiger partial charge in [-0.2, -0.15) is 0 Å². The Morgan fingerprint density at radius 3 is 2.54 bits per heavy atom. The molecule has 24 heavy (non-hydrogen) atoms. The monoisotopic (exact) mass is 327 g/mol. The van der Waals surface area contributed by atoms with E-state index in [0.29, 0.717) is 6.54 Å². The molecular formula is C19H25N3O2. The number of pyridine rings is 1. The van der Waals surface area contributed by atoms with Crippen LogP contribution in [0.1, 0.15) is 33.2 Å². The fourth-order valence-corrected chi connectivity index (χ4v) is 2.71. The Labute approximate surface area is 142 Å². The van der Waals surface area contributed by atoms with Crippen molar-refractivity contribution < 1.29 is 4.79 Å². The Hall–Kier alpha value is -2.40. The van der Waals surface area contributed by atoms with Crippen molar-refractivity contribution in [3.8, 4) is 0 Å². The van der Waals surface area contributed by atoms with Gasteiger partial charge in [0, 0.05) is 31.5 Å². The Bertz CT molecular complexity index is 793. The minimum atomic E-state index is -0.337. The number of hydrogen-bond donors (Lipinski definition) is 1. The SMILES string of the molecule is Cc1ccccc1[C@H](CNC(=O)c1cn(C)c(C)cc1=O)N(C)C. The van der Waals surface area contributed by atoms with Crippen LogP contribution in [0.5, 0.6) is 0 Å². The summed E-state index contributed by atoms with van der Waals surface area (Å²) in [4.78, 5) is 26.5. The van der Waals surface area contributed by atoms with Gasteiger partial charge in [-0.15, -0.1) is 0 Å². The van der Waals surface area contributed by atoms with E-state index in [0.717, 1.165) is 5.69 Å². The average Bonchev–Trinajstić information content (AvgIpc) is 2.52. The highest BCUT2D eigenvalue weighted by molar-refractivity contribution is 5.93. The van der Waals surface area contributed by atoms with Gasteiger partial charge < -0.3 is 14.8 Å². The molecule has 5 nitrogen and oxygen atoms in total. The molecule has 1 heterocycles. The standard InChI is InChI=1S/C19H25N3O2/c1-13-8-6-7-9-15(13)17(21(3)4)11-20-19(24)16-12-22(5)14(2)10-18(16)23/h6-10,12,17H,11H2,1-5H3,(H,20,24)/t17-/m0/s1. The summed E-state index contributed by atoms with van der Waals surface area (Å²) >= 11 is 0. The van der Waals surface area contributed by atoms with E-state index in [1.54, 1.807) is 10.8 Å². The summed E-state index contributed by atoms with van der Waals surface area (Å²) in [6.07, 6.45) is 1.59. The number of aromatic nitrogens is 1. The molecule has 1 aromatic carbocycles. The van der Waals surface area contributed by atoms with Crippen molar-refractivity contribution >= 4 is 5.91 Å². The summed E-state index contributed by atoms with van der Waals surface area (Å²) in [7, 11) is 5.78. The molecule has 0 bridgehead atoms. The van der Waals surface area contributed by atoms with Gasteiger partial charge in [-0.25, -0.2) is 0 Å². The van der Waals surface area contributed by atoms with Crippen molar-refractivity contribution in [2.24, 2.45) is 7.05 Å². The minimum absolute atomic E-state index is 0.0458. The molecule has 0 spiro atoms. The van der Waals surface area contributed by atoms with Crippen LogP contribution in [0.4, 0.5) is 0 Å². The van der Waals surface area contributed by atoms with E-state index in [2.05, 4.69) is 29.3 Å². The van der Waals surface area contributed by atoms with Crippen molar-refractivity contribution in [2.45, 2.75) is 19.9 Å². The number of rotatable bonds is 5. The molecule has 1 aromatic heterocycles. The number of nitrogens with one attached hydrogen (secondary N) is 1. The van der Waals surface area contributed by atoms with Gasteiger partial charge in [0.25, 0.3) is 5.91 Å². The summed E-state index contributed by atoms with van der Waals surface area (Å²) in [5.74, 6) is -0.337. The van der Waals surface area contributed by atoms with E-state index in [4.69, 9.17) is 0 Å². The molecule has 1 N–H and O–H groups in total. The highest BCUT2D eigenvalue weighted by Crippen LogP contribution is 2.21. The van der Waals surface area contributed by atoms with Crippen molar-refractivity contribution in [1.82, 2.24) is 14.8 Å². The van der Waals surface area contributed by atoms with Crippen molar-refractivity contribution in [3.05, 3.63) is 69.1 Å². The van der Waals surface area contributed by atoms with Gasteiger partial charge in [0.1, 0.15) is 5.56 Å². The topological polar surface area (TPSA) is 54.3 Å². The average molecular weight is 327 g/mol. The molecule has 0 aliphatic carbocycles. The summed E-state index contributed by atoms with van der Waals surface area (Å²) in [5, 5.41) is 2.90. The molecule has 128 valence electrons. The van der Waals surface area contributed by atoms with Crippen LogP contribution >= 0.6 is 0 Å². The van der Waals surface area contributed by atoms with Crippen LogP contribution in [0.25, 0.3) is 0 Å². The maximum atomic E-state index is 12.4. The predicted molar refractivity (Wildman–Crippen MR) is 96.4 cm³/mol. The van der Waals surface area contributed by atoms with Crippen LogP contribution in [-0.2, 0) is 7.05 Å². The van der Waals surface area contributed by atoms with Gasteiger partial charge in [-0.1, -0.05) is 24.3 Å². The predicted octanol–water partition coefficient (Wildman–Crippen LogP) is 2.03. The van der Waals surface area contributed by atoms with Gasteiger partial charge in [-0.05, 0) is 39.1 Å². The maximum Gasteiger partial charge on any atom is 0.256 e. The second-order valence-electron chi connectivity index (χ2n) is 6.35. The zero-order valence-corrected chi connectivity index (χ0v) is 15.0. The quantitative estimate of drug-likeness (QED) is 0.914. The number of hydrogen-bond acceptors (Lipinski definition) is 3. The zero-order valence-electron chi connectivity index (χ0n) is 15.0. The molecule has 2 rings (SSSR count). The zero-order chi connectivity index (χ0) is 17.9. The fourth-order valence-electron chi connectivity index (χ4n) is 2.71. The summed E-state index contributed by atoms with van der Waals surface area (Å²) < 4.78 is 1.78. The lowest BCUT2D eigenvalue weighted by atomic mass is 10.0. The van der Waals surface area contributed by atoms with E-state index in [-0.39, 0.29) is 22.9 Å². The molecule has 0 unspecified atom stereocenters. The first-order valence-corrected chi connectivity index (χ1v) is 7.98. The molecule has 1 atom stereocenters. The minimum Gasteiger partial charge on any atom is -0.354 e. The van der Waals surface area contributed by atoms with Crippen LogP contribution in [-0.4, -0.2) is 36.0 Å². The number of benzene rings is 1. The number of aryl methyl sites for hydroxylation is 3. The Balaban J connectivity index is 2.19. The van der Waals surface area contributed by atoms with Crippen molar-refractivity contribution in [2.75, 3.05) is 20.6 Å². The lowest BCUT2D eigenvalue weighted by Gasteiger charge is -2.26. The number of carbonyl (C=O) groups excluding carboxylic acids is 1. The van der Waals surface area contributed by atoms with Gasteiger partial charge in [-0.3, -0.25) is 9.59 Å². The number of amides is 1. The van der Waals surface area contributed by atoms with E-state index in [9.17, 15) is 9.59 Å².